The Morgan fingerprint density at radius 1 is 0.886 bits per heavy atom. The maximum Gasteiger partial charge on any atom is 0.255 e. The molecule has 5 nitrogen and oxygen atoms in total. The molecule has 0 unspecified atom stereocenters. The van der Waals surface area contributed by atoms with Crippen molar-refractivity contribution in [3.8, 4) is 0 Å². The molecule has 2 amide bonds. The van der Waals surface area contributed by atoms with Crippen LogP contribution < -0.4 is 11.1 Å². The number of nitrogens with zero attached hydrogens (tertiary/aromatic N) is 1. The standard InChI is InChI=1S/C30H35N3O2/c1-30(2,3)26-13-11-24(12-14-26)28(34)32-27-15-7-21(8-16-27)19-33(29(35)25-9-10-25)20-23-6-4-5-22(17-23)18-31/h4-8,11-17,25H,9-10,18-20,31H2,1-3H3,(H,32,34). The summed E-state index contributed by atoms with van der Waals surface area (Å²) in [6.07, 6.45) is 1.94. The highest BCUT2D eigenvalue weighted by Gasteiger charge is 2.33. The molecule has 0 saturated heterocycles. The fourth-order valence-corrected chi connectivity index (χ4v) is 4.11. The molecule has 0 heterocycles. The van der Waals surface area contributed by atoms with E-state index in [0.717, 1.165) is 35.2 Å². The quantitative estimate of drug-likeness (QED) is 0.449. The third-order valence-corrected chi connectivity index (χ3v) is 6.44. The van der Waals surface area contributed by atoms with Gasteiger partial charge in [0.25, 0.3) is 5.91 Å². The van der Waals surface area contributed by atoms with E-state index in [2.05, 4.69) is 32.2 Å². The molecule has 0 aromatic heterocycles. The van der Waals surface area contributed by atoms with Crippen LogP contribution in [0.4, 0.5) is 5.69 Å². The second-order valence-corrected chi connectivity index (χ2v) is 10.5. The minimum atomic E-state index is -0.136. The average molecular weight is 470 g/mol. The van der Waals surface area contributed by atoms with Gasteiger partial charge in [-0.3, -0.25) is 9.59 Å². The summed E-state index contributed by atoms with van der Waals surface area (Å²) >= 11 is 0. The lowest BCUT2D eigenvalue weighted by Crippen LogP contribution is -2.31. The van der Waals surface area contributed by atoms with Crippen molar-refractivity contribution < 1.29 is 9.59 Å². The SMILES string of the molecule is CC(C)(C)c1ccc(C(=O)Nc2ccc(CN(Cc3cccc(CN)c3)C(=O)C3CC3)cc2)cc1. The van der Waals surface area contributed by atoms with Crippen LogP contribution >= 0.6 is 0 Å². The zero-order chi connectivity index (χ0) is 25.0. The van der Waals surface area contributed by atoms with Gasteiger partial charge >= 0.3 is 0 Å². The molecule has 0 radical (unpaired) electrons. The van der Waals surface area contributed by atoms with Crippen molar-refractivity contribution in [3.63, 3.8) is 0 Å². The number of carbonyl (C=O) groups excluding carboxylic acids is 2. The van der Waals surface area contributed by atoms with E-state index < -0.39 is 0 Å². The van der Waals surface area contributed by atoms with E-state index in [1.54, 1.807) is 0 Å². The molecule has 1 fully saturated rings. The zero-order valence-corrected chi connectivity index (χ0v) is 20.9. The molecular formula is C30H35N3O2. The van der Waals surface area contributed by atoms with Crippen LogP contribution in [0.25, 0.3) is 0 Å². The number of amides is 2. The number of benzene rings is 3. The molecule has 1 aliphatic carbocycles. The van der Waals surface area contributed by atoms with Gasteiger partial charge in [-0.1, -0.05) is 69.3 Å². The number of rotatable bonds is 8. The van der Waals surface area contributed by atoms with Gasteiger partial charge in [0.15, 0.2) is 0 Å². The summed E-state index contributed by atoms with van der Waals surface area (Å²) in [4.78, 5) is 27.6. The zero-order valence-electron chi connectivity index (χ0n) is 20.9. The number of nitrogens with two attached hydrogens (primary N) is 1. The number of carbonyl (C=O) groups is 2. The molecular weight excluding hydrogens is 434 g/mol. The maximum absolute atomic E-state index is 13.0. The monoisotopic (exact) mass is 469 g/mol. The highest BCUT2D eigenvalue weighted by Crippen LogP contribution is 2.32. The predicted molar refractivity (Wildman–Crippen MR) is 141 cm³/mol. The van der Waals surface area contributed by atoms with E-state index in [1.165, 1.54) is 5.56 Å². The maximum atomic E-state index is 13.0. The van der Waals surface area contributed by atoms with Crippen LogP contribution in [-0.2, 0) is 29.8 Å². The molecule has 3 aromatic rings. The van der Waals surface area contributed by atoms with E-state index in [4.69, 9.17) is 5.73 Å². The third-order valence-electron chi connectivity index (χ3n) is 6.44. The molecule has 5 heteroatoms. The van der Waals surface area contributed by atoms with Crippen molar-refractivity contribution >= 4 is 17.5 Å². The first-order valence-electron chi connectivity index (χ1n) is 12.3. The van der Waals surface area contributed by atoms with Crippen LogP contribution in [0.2, 0.25) is 0 Å². The van der Waals surface area contributed by atoms with Crippen molar-refractivity contribution in [2.24, 2.45) is 11.7 Å². The Labute approximate surface area is 208 Å². The molecule has 0 spiro atoms. The molecule has 0 atom stereocenters. The van der Waals surface area contributed by atoms with E-state index in [9.17, 15) is 9.59 Å². The largest absolute Gasteiger partial charge is 0.334 e. The summed E-state index contributed by atoms with van der Waals surface area (Å²) in [6, 6.07) is 23.6. The van der Waals surface area contributed by atoms with E-state index in [-0.39, 0.29) is 23.1 Å². The van der Waals surface area contributed by atoms with Crippen LogP contribution in [0.5, 0.6) is 0 Å². The molecule has 3 N–H and O–H groups in total. The van der Waals surface area contributed by atoms with Crippen LogP contribution in [0.1, 0.15) is 66.2 Å². The Hall–Kier alpha value is -3.44. The average Bonchev–Trinajstić information content (AvgIpc) is 3.69. The van der Waals surface area contributed by atoms with Crippen molar-refractivity contribution in [2.45, 2.75) is 58.7 Å². The molecule has 1 saturated carbocycles. The normalized spacial score (nSPS) is 13.4. The first-order chi connectivity index (χ1) is 16.7. The molecule has 0 aliphatic heterocycles. The summed E-state index contributed by atoms with van der Waals surface area (Å²) in [5, 5.41) is 2.97. The first-order valence-corrected chi connectivity index (χ1v) is 12.3. The summed E-state index contributed by atoms with van der Waals surface area (Å²) in [5.74, 6) is 0.221. The van der Waals surface area contributed by atoms with Gasteiger partial charge in [-0.15, -0.1) is 0 Å². The lowest BCUT2D eigenvalue weighted by molar-refractivity contribution is -0.133. The van der Waals surface area contributed by atoms with Gasteiger partial charge < -0.3 is 16.0 Å². The third kappa shape index (κ3) is 6.58. The Morgan fingerprint density at radius 3 is 2.11 bits per heavy atom. The van der Waals surface area contributed by atoms with E-state index >= 15 is 0 Å². The Balaban J connectivity index is 1.41. The molecule has 4 rings (SSSR count). The van der Waals surface area contributed by atoms with Gasteiger partial charge in [0.1, 0.15) is 0 Å². The van der Waals surface area contributed by atoms with Gasteiger partial charge in [0, 0.05) is 36.8 Å². The number of hydrogen-bond donors (Lipinski definition) is 2. The van der Waals surface area contributed by atoms with Crippen LogP contribution in [-0.4, -0.2) is 16.7 Å². The summed E-state index contributed by atoms with van der Waals surface area (Å²) in [6.45, 7) is 8.04. The van der Waals surface area contributed by atoms with Crippen LogP contribution in [0.15, 0.2) is 72.8 Å². The minimum absolute atomic E-state index is 0.0484. The van der Waals surface area contributed by atoms with Crippen molar-refractivity contribution in [1.82, 2.24) is 4.90 Å². The summed E-state index contributed by atoms with van der Waals surface area (Å²) in [5.41, 5.74) is 11.6. The summed E-state index contributed by atoms with van der Waals surface area (Å²) < 4.78 is 0. The van der Waals surface area contributed by atoms with Gasteiger partial charge in [-0.2, -0.15) is 0 Å². The smallest absolute Gasteiger partial charge is 0.255 e. The highest BCUT2D eigenvalue weighted by atomic mass is 16.2. The van der Waals surface area contributed by atoms with Gasteiger partial charge in [0.2, 0.25) is 5.91 Å². The topological polar surface area (TPSA) is 75.4 Å². The van der Waals surface area contributed by atoms with E-state index in [0.29, 0.717) is 25.2 Å². The number of nitrogens with one attached hydrogen (secondary N) is 1. The molecule has 182 valence electrons. The number of anilines is 1. The van der Waals surface area contributed by atoms with E-state index in [1.807, 2.05) is 71.6 Å². The molecule has 1 aliphatic rings. The second-order valence-electron chi connectivity index (χ2n) is 10.5. The fourth-order valence-electron chi connectivity index (χ4n) is 4.11. The predicted octanol–water partition coefficient (Wildman–Crippen LogP) is 5.63. The van der Waals surface area contributed by atoms with Crippen molar-refractivity contribution in [2.75, 3.05) is 5.32 Å². The molecule has 3 aromatic carbocycles. The molecule has 0 bridgehead atoms. The first kappa shape index (κ1) is 24.7. The fraction of sp³-hybridized carbons (Fsp3) is 0.333. The van der Waals surface area contributed by atoms with Crippen molar-refractivity contribution in [3.05, 3.63) is 101 Å². The van der Waals surface area contributed by atoms with Gasteiger partial charge in [0.05, 0.1) is 0 Å². The highest BCUT2D eigenvalue weighted by molar-refractivity contribution is 6.04. The Bertz CT molecular complexity index is 1170. The lowest BCUT2D eigenvalue weighted by Gasteiger charge is -2.23. The number of hydrogen-bond acceptors (Lipinski definition) is 3. The molecule has 35 heavy (non-hydrogen) atoms. The van der Waals surface area contributed by atoms with Crippen LogP contribution in [0, 0.1) is 5.92 Å². The minimum Gasteiger partial charge on any atom is -0.334 e. The Morgan fingerprint density at radius 2 is 1.51 bits per heavy atom. The summed E-state index contributed by atoms with van der Waals surface area (Å²) in [7, 11) is 0. The van der Waals surface area contributed by atoms with Gasteiger partial charge in [-0.05, 0) is 64.8 Å². The van der Waals surface area contributed by atoms with Crippen LogP contribution in [0.3, 0.4) is 0 Å². The van der Waals surface area contributed by atoms with Crippen molar-refractivity contribution in [1.29, 1.82) is 0 Å². The van der Waals surface area contributed by atoms with Gasteiger partial charge in [-0.25, -0.2) is 0 Å². The Kier molecular flexibility index (Phi) is 7.37. The second kappa shape index (κ2) is 10.4. The lowest BCUT2D eigenvalue weighted by atomic mass is 9.87.